The van der Waals surface area contributed by atoms with Gasteiger partial charge in [-0.3, -0.25) is 23.6 Å². The number of aromatic nitrogens is 3. The number of carboxylic acid groups (broad SMARTS) is 6. The monoisotopic (exact) mass is 947 g/mol. The second kappa shape index (κ2) is 24.8. The van der Waals surface area contributed by atoms with E-state index in [1.807, 2.05) is 0 Å². The molecule has 4 rings (SSSR count). The number of likely N-dealkylation sites (tertiary alicyclic amines) is 2. The van der Waals surface area contributed by atoms with Crippen LogP contribution in [-0.4, -0.2) is 172 Å². The Morgan fingerprint density at radius 2 is 0.985 bits per heavy atom. The molecule has 10 N–H and O–H groups in total. The molecule has 1 aromatic carbocycles. The summed E-state index contributed by atoms with van der Waals surface area (Å²) in [5, 5.41) is 72.9. The van der Waals surface area contributed by atoms with E-state index in [9.17, 15) is 72.8 Å². The van der Waals surface area contributed by atoms with Crippen molar-refractivity contribution in [1.29, 1.82) is 0 Å². The Hall–Kier alpha value is -7.41. The highest BCUT2D eigenvalue weighted by Crippen LogP contribution is 2.27. The zero-order chi connectivity index (χ0) is 49.4. The fourth-order valence-electron chi connectivity index (χ4n) is 7.76. The Labute approximate surface area is 381 Å². The lowest BCUT2D eigenvalue weighted by Gasteiger charge is -2.34. The maximum atomic E-state index is 14.1. The maximum absolute atomic E-state index is 14.1. The molecule has 2 aliphatic rings. The van der Waals surface area contributed by atoms with Crippen LogP contribution < -0.4 is 21.3 Å². The Morgan fingerprint density at radius 3 is 1.34 bits per heavy atom. The van der Waals surface area contributed by atoms with Crippen molar-refractivity contribution in [3.8, 4) is 5.69 Å². The first-order valence-corrected chi connectivity index (χ1v) is 21.4. The number of nitrogens with zero attached hydrogens (tertiary/aromatic N) is 5. The summed E-state index contributed by atoms with van der Waals surface area (Å²) in [6, 6.07) is -3.81. The molecule has 2 unspecified atom stereocenters. The third kappa shape index (κ3) is 16.2. The van der Waals surface area contributed by atoms with Crippen LogP contribution in [0.15, 0.2) is 24.4 Å². The first kappa shape index (κ1) is 52.2. The normalized spacial score (nSPS) is 16.1. The lowest BCUT2D eigenvalue weighted by Crippen LogP contribution is -2.52. The zero-order valence-electron chi connectivity index (χ0n) is 36.2. The van der Waals surface area contributed by atoms with Crippen molar-refractivity contribution in [2.45, 2.75) is 101 Å². The second-order valence-electron chi connectivity index (χ2n) is 16.3. The molecule has 3 heterocycles. The van der Waals surface area contributed by atoms with Crippen LogP contribution in [0.25, 0.3) is 5.69 Å². The van der Waals surface area contributed by atoms with Crippen LogP contribution in [0, 0.1) is 11.8 Å². The first-order chi connectivity index (χ1) is 31.7. The van der Waals surface area contributed by atoms with E-state index in [0.29, 0.717) is 37.1 Å². The molecule has 0 spiro atoms. The van der Waals surface area contributed by atoms with E-state index in [0.717, 1.165) is 0 Å². The van der Waals surface area contributed by atoms with Crippen molar-refractivity contribution in [3.63, 3.8) is 0 Å². The van der Waals surface area contributed by atoms with Crippen molar-refractivity contribution in [3.05, 3.63) is 41.2 Å². The van der Waals surface area contributed by atoms with Crippen molar-refractivity contribution >= 4 is 59.7 Å². The van der Waals surface area contributed by atoms with Gasteiger partial charge in [0.25, 0.3) is 11.8 Å². The minimum absolute atomic E-state index is 0.0638. The number of carboxylic acids is 6. The number of hydrogen-bond acceptors (Lipinski definition) is 12. The van der Waals surface area contributed by atoms with Gasteiger partial charge in [0.2, 0.25) is 0 Å². The average Bonchev–Trinajstić information content (AvgIpc) is 3.76. The minimum Gasteiger partial charge on any atom is -0.481 e. The molecule has 1 aromatic heterocycles. The second-order valence-corrected chi connectivity index (χ2v) is 16.3. The number of carbonyl (C=O) groups is 10. The molecule has 0 aliphatic carbocycles. The number of nitrogens with one attached hydrogen (secondary N) is 4. The van der Waals surface area contributed by atoms with Gasteiger partial charge in [0, 0.05) is 50.1 Å². The lowest BCUT2D eigenvalue weighted by molar-refractivity contribution is -0.142. The minimum atomic E-state index is -1.58. The summed E-state index contributed by atoms with van der Waals surface area (Å²) in [6.45, 7) is 0.0638. The number of rotatable bonds is 24. The number of aryl methyl sites for hydroxylation is 1. The quantitative estimate of drug-likeness (QED) is 0.0695. The number of halogens is 1. The number of piperidine rings is 2. The molecule has 0 radical (unpaired) electrons. The van der Waals surface area contributed by atoms with E-state index in [2.05, 4.69) is 31.6 Å². The van der Waals surface area contributed by atoms with Gasteiger partial charge in [0.15, 0.2) is 0 Å². The fourth-order valence-corrected chi connectivity index (χ4v) is 7.76. The molecule has 67 heavy (non-hydrogen) atoms. The van der Waals surface area contributed by atoms with Gasteiger partial charge in [0.05, 0.1) is 24.3 Å². The fraction of sp³-hybridized carbons (Fsp3) is 0.561. The summed E-state index contributed by atoms with van der Waals surface area (Å²) in [5.41, 5.74) is 0.967. The van der Waals surface area contributed by atoms with Crippen LogP contribution in [-0.2, 0) is 35.2 Å². The van der Waals surface area contributed by atoms with Crippen LogP contribution in [0.3, 0.4) is 0 Å². The molecular weight excluding hydrogens is 893 g/mol. The summed E-state index contributed by atoms with van der Waals surface area (Å²) in [4.78, 5) is 125. The van der Waals surface area contributed by atoms with E-state index in [1.165, 1.54) is 32.7 Å². The van der Waals surface area contributed by atoms with Crippen LogP contribution in [0.4, 0.5) is 14.0 Å². The average molecular weight is 948 g/mol. The number of amides is 6. The lowest BCUT2D eigenvalue weighted by atomic mass is 9.89. The molecule has 0 saturated carbocycles. The van der Waals surface area contributed by atoms with Crippen LogP contribution in [0.1, 0.15) is 97.0 Å². The smallest absolute Gasteiger partial charge is 0.326 e. The maximum Gasteiger partial charge on any atom is 0.326 e. The van der Waals surface area contributed by atoms with Gasteiger partial charge in [-0.25, -0.2) is 33.4 Å². The molecule has 25 nitrogen and oxygen atoms in total. The molecule has 0 bridgehead atoms. The van der Waals surface area contributed by atoms with E-state index < -0.39 is 116 Å². The highest BCUT2D eigenvalue weighted by atomic mass is 19.1. The number of benzene rings is 1. The molecule has 26 heteroatoms. The van der Waals surface area contributed by atoms with Gasteiger partial charge >= 0.3 is 47.9 Å². The third-order valence-electron chi connectivity index (χ3n) is 11.4. The highest BCUT2D eigenvalue weighted by Gasteiger charge is 2.33. The van der Waals surface area contributed by atoms with E-state index in [4.69, 9.17) is 10.2 Å². The predicted molar refractivity (Wildman–Crippen MR) is 225 cm³/mol. The van der Waals surface area contributed by atoms with Gasteiger partial charge in [-0.05, 0) is 94.2 Å². The number of urea groups is 2. The molecule has 6 amide bonds. The van der Waals surface area contributed by atoms with Gasteiger partial charge < -0.3 is 61.7 Å². The Kier molecular flexibility index (Phi) is 19.3. The van der Waals surface area contributed by atoms with E-state index >= 15 is 0 Å². The van der Waals surface area contributed by atoms with Gasteiger partial charge in [-0.1, -0.05) is 5.21 Å². The van der Waals surface area contributed by atoms with Crippen LogP contribution in [0.2, 0.25) is 0 Å². The first-order valence-electron chi connectivity index (χ1n) is 21.4. The van der Waals surface area contributed by atoms with Gasteiger partial charge in [-0.15, -0.1) is 5.10 Å². The summed E-state index contributed by atoms with van der Waals surface area (Å²) in [6.07, 6.45) is 1.19. The third-order valence-corrected chi connectivity index (χ3v) is 11.4. The van der Waals surface area contributed by atoms with Crippen LogP contribution >= 0.6 is 0 Å². The zero-order valence-corrected chi connectivity index (χ0v) is 36.2. The summed E-state index contributed by atoms with van der Waals surface area (Å²) in [5.74, 6) is -9.87. The van der Waals surface area contributed by atoms with Crippen molar-refractivity contribution in [2.75, 3.05) is 32.9 Å². The Bertz CT molecular complexity index is 2030. The number of hydrogen-bond donors (Lipinski definition) is 10. The van der Waals surface area contributed by atoms with Gasteiger partial charge in [0.1, 0.15) is 24.2 Å². The van der Waals surface area contributed by atoms with E-state index in [-0.39, 0.29) is 74.8 Å². The molecule has 2 aromatic rings. The van der Waals surface area contributed by atoms with Gasteiger partial charge in [-0.2, -0.15) is 0 Å². The predicted octanol–water partition coefficient (Wildman–Crippen LogP) is 0.795. The summed E-state index contributed by atoms with van der Waals surface area (Å²) >= 11 is 0. The molecule has 4 atom stereocenters. The highest BCUT2D eigenvalue weighted by molar-refractivity contribution is 6.01. The van der Waals surface area contributed by atoms with E-state index in [1.54, 1.807) is 6.20 Å². The Balaban J connectivity index is 1.43. The number of carbonyl (C=O) groups excluding carboxylic acids is 4. The Morgan fingerprint density at radius 1 is 0.597 bits per heavy atom. The molecule has 2 fully saturated rings. The van der Waals surface area contributed by atoms with Crippen molar-refractivity contribution in [1.82, 2.24) is 46.1 Å². The largest absolute Gasteiger partial charge is 0.481 e. The standard InChI is InChI=1S/C41H54FN9O16/c42-11-1-2-26-21-51(48-47-26)27-19-24(34(56)49-12-7-22(8-13-49)16-30(38(62)63)45-40(66)43-28(36(58)59)3-5-32(52)53)18-25(20-27)35(57)50-14-9-23(10-15-50)17-31(39(64)65)46-41(67)44-29(37(60)61)4-6-33(54)55/h18-23,28-31H,1-17H2,(H,52,53)(H,54,55)(H,58,59)(H,60,61)(H,62,63)(H,64,65)(H2,43,45,66)(H2,44,46,67)/t28?,29?,30-,31+. The molecule has 366 valence electrons. The van der Waals surface area contributed by atoms with Crippen molar-refractivity contribution < 1.29 is 83.0 Å². The van der Waals surface area contributed by atoms with Crippen molar-refractivity contribution in [2.24, 2.45) is 11.8 Å². The number of alkyl halides is 1. The molecule has 2 saturated heterocycles. The topological polar surface area (TPSA) is 377 Å². The summed E-state index contributed by atoms with van der Waals surface area (Å²) in [7, 11) is 0. The number of aliphatic carboxylic acids is 6. The SMILES string of the molecule is O=C(O)CCC(NC(=O)N[C@@H](CC1CCN(C(=O)c2cc(C(=O)N3CCC(C[C@@H](NC(=O)NC(CCC(=O)O)C(=O)O)C(=O)O)CC3)cc(-n3cc(CCCF)nn3)c2)CC1)C(=O)O)C(=O)O. The summed E-state index contributed by atoms with van der Waals surface area (Å²) < 4.78 is 14.3. The molecular formula is C41H54FN9O16. The molecule has 2 aliphatic heterocycles. The van der Waals surface area contributed by atoms with Crippen LogP contribution in [0.5, 0.6) is 0 Å².